The number of primary amides is 1. The van der Waals surface area contributed by atoms with Gasteiger partial charge in [-0.2, -0.15) is 4.98 Å². The predicted octanol–water partition coefficient (Wildman–Crippen LogP) is 1.69. The minimum absolute atomic E-state index is 0.0618. The van der Waals surface area contributed by atoms with E-state index in [1.54, 1.807) is 0 Å². The lowest BCUT2D eigenvalue weighted by Crippen LogP contribution is -2.22. The van der Waals surface area contributed by atoms with Crippen LogP contribution >= 0.6 is 11.6 Å². The molecule has 1 rings (SSSR count). The Labute approximate surface area is 99.4 Å². The summed E-state index contributed by atoms with van der Waals surface area (Å²) in [6, 6.07) is 0. The normalized spacial score (nSPS) is 11.2. The summed E-state index contributed by atoms with van der Waals surface area (Å²) in [6.07, 6.45) is 1.32. The molecule has 0 unspecified atom stereocenters. The molecule has 1 heterocycles. The molecule has 0 atom stereocenters. The van der Waals surface area contributed by atoms with E-state index in [2.05, 4.69) is 36.1 Å². The van der Waals surface area contributed by atoms with Gasteiger partial charge in [0.2, 0.25) is 5.28 Å². The monoisotopic (exact) mass is 242 g/mol. The van der Waals surface area contributed by atoms with Gasteiger partial charge >= 0.3 is 0 Å². The summed E-state index contributed by atoms with van der Waals surface area (Å²) in [5, 5.41) is 3.12. The fourth-order valence-corrected chi connectivity index (χ4v) is 1.16. The maximum atomic E-state index is 11.1. The number of hydrogen-bond acceptors (Lipinski definition) is 4. The van der Waals surface area contributed by atoms with E-state index in [1.807, 2.05) is 0 Å². The highest BCUT2D eigenvalue weighted by atomic mass is 35.5. The second-order valence-corrected chi connectivity index (χ2v) is 5.02. The third-order valence-corrected chi connectivity index (χ3v) is 1.99. The van der Waals surface area contributed by atoms with E-state index in [4.69, 9.17) is 17.3 Å². The van der Waals surface area contributed by atoms with Crippen molar-refractivity contribution in [1.29, 1.82) is 0 Å². The first-order valence-electron chi connectivity index (χ1n) is 4.86. The van der Waals surface area contributed by atoms with Crippen LogP contribution in [0.3, 0.4) is 0 Å². The number of carbonyl (C=O) groups is 1. The van der Waals surface area contributed by atoms with Crippen molar-refractivity contribution in [2.24, 2.45) is 11.1 Å². The fourth-order valence-electron chi connectivity index (χ4n) is 1.02. The summed E-state index contributed by atoms with van der Waals surface area (Å²) in [6.45, 7) is 6.84. The first-order valence-corrected chi connectivity index (χ1v) is 5.23. The van der Waals surface area contributed by atoms with Gasteiger partial charge in [-0.25, -0.2) is 4.98 Å². The van der Waals surface area contributed by atoms with Gasteiger partial charge in [0, 0.05) is 12.7 Å². The fraction of sp³-hybridized carbons (Fsp3) is 0.500. The smallest absolute Gasteiger partial charge is 0.254 e. The zero-order valence-corrected chi connectivity index (χ0v) is 10.3. The Morgan fingerprint density at radius 1 is 1.56 bits per heavy atom. The van der Waals surface area contributed by atoms with E-state index in [9.17, 15) is 4.79 Å². The molecule has 1 aromatic rings. The quantitative estimate of drug-likeness (QED) is 0.791. The Morgan fingerprint density at radius 2 is 2.19 bits per heavy atom. The van der Waals surface area contributed by atoms with Crippen LogP contribution in [0.2, 0.25) is 5.28 Å². The Kier molecular flexibility index (Phi) is 3.70. The molecule has 1 aromatic heterocycles. The molecule has 0 saturated carbocycles. The van der Waals surface area contributed by atoms with Crippen molar-refractivity contribution in [3.8, 4) is 0 Å². The molecule has 0 radical (unpaired) electrons. The van der Waals surface area contributed by atoms with Crippen LogP contribution in [0, 0.1) is 5.41 Å². The molecule has 5 nitrogen and oxygen atoms in total. The number of anilines is 1. The highest BCUT2D eigenvalue weighted by Crippen LogP contribution is 2.17. The summed E-state index contributed by atoms with van der Waals surface area (Å²) >= 11 is 5.66. The van der Waals surface area contributed by atoms with Gasteiger partial charge in [-0.3, -0.25) is 4.79 Å². The van der Waals surface area contributed by atoms with Crippen molar-refractivity contribution in [1.82, 2.24) is 9.97 Å². The SMILES string of the molecule is CC(C)(C)CNc1nc(Cl)ncc1C(N)=O. The van der Waals surface area contributed by atoms with Gasteiger partial charge in [0.15, 0.2) is 0 Å². The molecule has 88 valence electrons. The first kappa shape index (κ1) is 12.7. The van der Waals surface area contributed by atoms with E-state index < -0.39 is 5.91 Å². The zero-order valence-electron chi connectivity index (χ0n) is 9.54. The molecule has 0 aliphatic rings. The largest absolute Gasteiger partial charge is 0.369 e. The number of hydrogen-bond donors (Lipinski definition) is 2. The van der Waals surface area contributed by atoms with Crippen molar-refractivity contribution in [2.75, 3.05) is 11.9 Å². The number of nitrogens with zero attached hydrogens (tertiary/aromatic N) is 2. The molecule has 6 heteroatoms. The number of rotatable bonds is 3. The van der Waals surface area contributed by atoms with Gasteiger partial charge in [-0.1, -0.05) is 20.8 Å². The highest BCUT2D eigenvalue weighted by Gasteiger charge is 2.15. The Hall–Kier alpha value is -1.36. The summed E-state index contributed by atoms with van der Waals surface area (Å²) in [5.74, 6) is -0.199. The lowest BCUT2D eigenvalue weighted by Gasteiger charge is -2.19. The van der Waals surface area contributed by atoms with Gasteiger partial charge in [-0.05, 0) is 17.0 Å². The molecule has 0 fully saturated rings. The van der Waals surface area contributed by atoms with Crippen LogP contribution in [0.25, 0.3) is 0 Å². The molecule has 1 amide bonds. The maximum Gasteiger partial charge on any atom is 0.254 e. The average Bonchev–Trinajstić information content (AvgIpc) is 2.13. The van der Waals surface area contributed by atoms with Crippen LogP contribution < -0.4 is 11.1 Å². The second kappa shape index (κ2) is 4.65. The van der Waals surface area contributed by atoms with E-state index in [-0.39, 0.29) is 16.3 Å². The van der Waals surface area contributed by atoms with E-state index in [1.165, 1.54) is 6.20 Å². The van der Waals surface area contributed by atoms with Crippen LogP contribution in [0.15, 0.2) is 6.20 Å². The van der Waals surface area contributed by atoms with Gasteiger partial charge in [0.25, 0.3) is 5.91 Å². The minimum atomic E-state index is -0.576. The van der Waals surface area contributed by atoms with Crippen molar-refractivity contribution >= 4 is 23.3 Å². The first-order chi connectivity index (χ1) is 7.29. The van der Waals surface area contributed by atoms with Gasteiger partial charge in [0.1, 0.15) is 5.82 Å². The van der Waals surface area contributed by atoms with Crippen molar-refractivity contribution < 1.29 is 4.79 Å². The Morgan fingerprint density at radius 3 is 2.69 bits per heavy atom. The number of aromatic nitrogens is 2. The maximum absolute atomic E-state index is 11.1. The van der Waals surface area contributed by atoms with Crippen LogP contribution in [-0.4, -0.2) is 22.4 Å². The number of carbonyl (C=O) groups excluding carboxylic acids is 1. The van der Waals surface area contributed by atoms with Crippen LogP contribution in [0.5, 0.6) is 0 Å². The van der Waals surface area contributed by atoms with E-state index >= 15 is 0 Å². The number of halogens is 1. The highest BCUT2D eigenvalue weighted by molar-refractivity contribution is 6.28. The Balaban J connectivity index is 2.93. The lowest BCUT2D eigenvalue weighted by molar-refractivity contribution is 0.100. The molecular weight excluding hydrogens is 228 g/mol. The average molecular weight is 243 g/mol. The van der Waals surface area contributed by atoms with Gasteiger partial charge in [-0.15, -0.1) is 0 Å². The van der Waals surface area contributed by atoms with Crippen LogP contribution in [0.1, 0.15) is 31.1 Å². The molecule has 0 bridgehead atoms. The molecule has 0 spiro atoms. The lowest BCUT2D eigenvalue weighted by atomic mass is 9.97. The third-order valence-electron chi connectivity index (χ3n) is 1.81. The topological polar surface area (TPSA) is 80.9 Å². The molecule has 3 N–H and O–H groups in total. The van der Waals surface area contributed by atoms with Crippen molar-refractivity contribution in [3.05, 3.63) is 17.0 Å². The molecule has 0 aromatic carbocycles. The molecule has 0 aliphatic heterocycles. The predicted molar refractivity (Wildman–Crippen MR) is 63.5 cm³/mol. The molecule has 0 saturated heterocycles. The van der Waals surface area contributed by atoms with Gasteiger partial charge in [0.05, 0.1) is 5.56 Å². The summed E-state index contributed by atoms with van der Waals surface area (Å²) in [4.78, 5) is 18.8. The number of nitrogens with one attached hydrogen (secondary N) is 1. The molecular formula is C10H15ClN4O. The number of nitrogens with two attached hydrogens (primary N) is 1. The Bertz CT molecular complexity index is 400. The van der Waals surface area contributed by atoms with Gasteiger partial charge < -0.3 is 11.1 Å². The van der Waals surface area contributed by atoms with Crippen LogP contribution in [-0.2, 0) is 0 Å². The summed E-state index contributed by atoms with van der Waals surface area (Å²) in [7, 11) is 0. The molecule has 0 aliphatic carbocycles. The summed E-state index contributed by atoms with van der Waals surface area (Å²) in [5.41, 5.74) is 5.51. The van der Waals surface area contributed by atoms with Crippen LogP contribution in [0.4, 0.5) is 5.82 Å². The van der Waals surface area contributed by atoms with E-state index in [0.29, 0.717) is 12.4 Å². The third kappa shape index (κ3) is 3.66. The summed E-state index contributed by atoms with van der Waals surface area (Å²) < 4.78 is 0. The minimum Gasteiger partial charge on any atom is -0.369 e. The number of amides is 1. The molecule has 16 heavy (non-hydrogen) atoms. The zero-order chi connectivity index (χ0) is 12.3. The van der Waals surface area contributed by atoms with Crippen molar-refractivity contribution in [3.63, 3.8) is 0 Å². The second-order valence-electron chi connectivity index (χ2n) is 4.68. The van der Waals surface area contributed by atoms with Crippen molar-refractivity contribution in [2.45, 2.75) is 20.8 Å². The standard InChI is InChI=1S/C10H15ClN4O/c1-10(2,3)5-14-8-6(7(12)16)4-13-9(11)15-8/h4H,5H2,1-3H3,(H2,12,16)(H,13,14,15). The van der Waals surface area contributed by atoms with E-state index in [0.717, 1.165) is 0 Å².